The largest absolute Gasteiger partial charge is 0.390 e. The fourth-order valence-corrected chi connectivity index (χ4v) is 5.04. The summed E-state index contributed by atoms with van der Waals surface area (Å²) in [6.45, 7) is 4.65. The van der Waals surface area contributed by atoms with Crippen LogP contribution >= 0.6 is 11.6 Å². The number of aromatic nitrogens is 4. The van der Waals surface area contributed by atoms with Crippen molar-refractivity contribution in [3.05, 3.63) is 72.2 Å². The first-order valence-electron chi connectivity index (χ1n) is 11.7. The number of halogens is 1. The van der Waals surface area contributed by atoms with Gasteiger partial charge in [-0.2, -0.15) is 5.10 Å². The molecule has 3 heterocycles. The Hall–Kier alpha value is -3.98. The van der Waals surface area contributed by atoms with Crippen LogP contribution in [0, 0.1) is 0 Å². The standard InChI is InChI=1S/C28H26ClN5O3/c1-4-33-15-22(19-7-5-6-8-23(19)33)26-21(12-30-28(26)25(37)16-35)27-20-11-17(29)9-10-24(20)34(31-27)14-18(36)13-32(2)3/h4-12,15-16,18,30,36H,1,13-14H2,2-3H3. The van der Waals surface area contributed by atoms with E-state index in [9.17, 15) is 14.7 Å². The van der Waals surface area contributed by atoms with E-state index in [0.717, 1.165) is 27.4 Å². The molecule has 2 aromatic carbocycles. The molecule has 0 aliphatic heterocycles. The number of carbonyl (C=O) groups excluding carboxylic acids is 2. The summed E-state index contributed by atoms with van der Waals surface area (Å²) < 4.78 is 3.63. The first-order chi connectivity index (χ1) is 17.8. The molecule has 0 fully saturated rings. The number of benzene rings is 2. The molecular formula is C28H26ClN5O3. The molecule has 9 heteroatoms. The summed E-state index contributed by atoms with van der Waals surface area (Å²) >= 11 is 6.38. The monoisotopic (exact) mass is 515 g/mol. The third-order valence-corrected chi connectivity index (χ3v) is 6.60. The number of carbonyl (C=O) groups is 2. The number of rotatable bonds is 9. The maximum Gasteiger partial charge on any atom is 0.242 e. The number of H-pyrrole nitrogens is 1. The highest BCUT2D eigenvalue weighted by molar-refractivity contribution is 6.35. The van der Waals surface area contributed by atoms with Gasteiger partial charge < -0.3 is 19.6 Å². The molecule has 3 aromatic heterocycles. The summed E-state index contributed by atoms with van der Waals surface area (Å²) in [5.74, 6) is -0.667. The zero-order valence-corrected chi connectivity index (χ0v) is 21.2. The zero-order chi connectivity index (χ0) is 26.3. The average Bonchev–Trinajstić information content (AvgIpc) is 3.56. The lowest BCUT2D eigenvalue weighted by Gasteiger charge is -2.16. The number of ketones is 1. The van der Waals surface area contributed by atoms with Gasteiger partial charge in [-0.1, -0.05) is 36.4 Å². The van der Waals surface area contributed by atoms with Crippen LogP contribution in [-0.4, -0.2) is 68.2 Å². The normalized spacial score (nSPS) is 12.5. The number of likely N-dealkylation sites (N-methyl/N-ethyl adjacent to an activating group) is 1. The number of hydrogen-bond donors (Lipinski definition) is 2. The first-order valence-corrected chi connectivity index (χ1v) is 12.1. The lowest BCUT2D eigenvalue weighted by atomic mass is 9.96. The van der Waals surface area contributed by atoms with E-state index >= 15 is 0 Å². The van der Waals surface area contributed by atoms with Gasteiger partial charge in [-0.05, 0) is 38.4 Å². The van der Waals surface area contributed by atoms with E-state index in [1.54, 1.807) is 23.1 Å². The fraction of sp³-hybridized carbons (Fsp3) is 0.179. The Morgan fingerprint density at radius 1 is 1.19 bits per heavy atom. The number of nitrogens with one attached hydrogen (secondary N) is 1. The maximum atomic E-state index is 12.7. The highest BCUT2D eigenvalue weighted by atomic mass is 35.5. The molecule has 188 valence electrons. The predicted molar refractivity (Wildman–Crippen MR) is 147 cm³/mol. The van der Waals surface area contributed by atoms with Gasteiger partial charge in [0, 0.05) is 57.6 Å². The van der Waals surface area contributed by atoms with Gasteiger partial charge in [-0.15, -0.1) is 0 Å². The van der Waals surface area contributed by atoms with Gasteiger partial charge in [0.1, 0.15) is 5.69 Å². The van der Waals surface area contributed by atoms with Crippen molar-refractivity contribution >= 4 is 51.7 Å². The third kappa shape index (κ3) is 4.40. The van der Waals surface area contributed by atoms with Crippen LogP contribution in [0.2, 0.25) is 5.02 Å². The van der Waals surface area contributed by atoms with Crippen LogP contribution in [0.5, 0.6) is 0 Å². The summed E-state index contributed by atoms with van der Waals surface area (Å²) in [6.07, 6.45) is 4.92. The van der Waals surface area contributed by atoms with Gasteiger partial charge in [0.2, 0.25) is 5.78 Å². The van der Waals surface area contributed by atoms with Crippen LogP contribution < -0.4 is 0 Å². The van der Waals surface area contributed by atoms with Gasteiger partial charge >= 0.3 is 0 Å². The molecule has 37 heavy (non-hydrogen) atoms. The van der Waals surface area contributed by atoms with Crippen LogP contribution in [0.15, 0.2) is 61.4 Å². The Balaban J connectivity index is 1.78. The molecule has 0 saturated carbocycles. The highest BCUT2D eigenvalue weighted by Crippen LogP contribution is 2.42. The third-order valence-electron chi connectivity index (χ3n) is 6.37. The van der Waals surface area contributed by atoms with Gasteiger partial charge in [-0.3, -0.25) is 14.3 Å². The second kappa shape index (κ2) is 9.82. The zero-order valence-electron chi connectivity index (χ0n) is 20.5. The van der Waals surface area contributed by atoms with Crippen molar-refractivity contribution in [3.63, 3.8) is 0 Å². The summed E-state index contributed by atoms with van der Waals surface area (Å²) in [4.78, 5) is 29.2. The lowest BCUT2D eigenvalue weighted by molar-refractivity contribution is -0.104. The van der Waals surface area contributed by atoms with E-state index in [0.29, 0.717) is 34.7 Å². The van der Waals surface area contributed by atoms with Crippen molar-refractivity contribution in [3.8, 4) is 22.4 Å². The lowest BCUT2D eigenvalue weighted by Crippen LogP contribution is -2.29. The molecule has 0 amide bonds. The number of aromatic amines is 1. The number of para-hydroxylation sites is 1. The topological polar surface area (TPSA) is 96.2 Å². The maximum absolute atomic E-state index is 12.7. The van der Waals surface area contributed by atoms with Crippen LogP contribution in [0.4, 0.5) is 0 Å². The van der Waals surface area contributed by atoms with Crippen LogP contribution in [-0.2, 0) is 11.3 Å². The van der Waals surface area contributed by atoms with E-state index in [1.807, 2.05) is 66.2 Å². The van der Waals surface area contributed by atoms with Crippen LogP contribution in [0.1, 0.15) is 10.5 Å². The minimum atomic E-state index is -0.667. The van der Waals surface area contributed by atoms with Crippen molar-refractivity contribution in [2.24, 2.45) is 0 Å². The van der Waals surface area contributed by atoms with E-state index in [1.165, 1.54) is 0 Å². The molecule has 5 aromatic rings. The van der Waals surface area contributed by atoms with Crippen LogP contribution in [0.25, 0.3) is 50.4 Å². The fourth-order valence-electron chi connectivity index (χ4n) is 4.87. The summed E-state index contributed by atoms with van der Waals surface area (Å²) in [6, 6.07) is 13.2. The Morgan fingerprint density at radius 3 is 2.70 bits per heavy atom. The molecule has 1 unspecified atom stereocenters. The Kier molecular flexibility index (Phi) is 6.55. The highest BCUT2D eigenvalue weighted by Gasteiger charge is 2.26. The number of aliphatic hydroxyl groups excluding tert-OH is 1. The number of aldehydes is 1. The van der Waals surface area contributed by atoms with Crippen molar-refractivity contribution in [1.82, 2.24) is 24.2 Å². The molecule has 0 aliphatic rings. The van der Waals surface area contributed by atoms with E-state index < -0.39 is 11.9 Å². The van der Waals surface area contributed by atoms with Gasteiger partial charge in [0.05, 0.1) is 29.4 Å². The second-order valence-corrected chi connectivity index (χ2v) is 9.63. The first kappa shape index (κ1) is 24.7. The smallest absolute Gasteiger partial charge is 0.242 e. The van der Waals surface area contributed by atoms with Crippen molar-refractivity contribution in [1.29, 1.82) is 0 Å². The second-order valence-electron chi connectivity index (χ2n) is 9.19. The molecule has 2 N–H and O–H groups in total. The molecule has 8 nitrogen and oxygen atoms in total. The number of Topliss-reactive ketones (excluding diaryl/α,β-unsaturated/α-hetero) is 1. The molecular weight excluding hydrogens is 490 g/mol. The molecule has 0 bridgehead atoms. The summed E-state index contributed by atoms with van der Waals surface area (Å²) in [5, 5.41) is 17.7. The van der Waals surface area contributed by atoms with Gasteiger partial charge in [0.25, 0.3) is 0 Å². The number of nitrogens with zero attached hydrogens (tertiary/aromatic N) is 4. The number of hydrogen-bond acceptors (Lipinski definition) is 5. The summed E-state index contributed by atoms with van der Waals surface area (Å²) in [7, 11) is 3.79. The Labute approximate surface area is 218 Å². The average molecular weight is 516 g/mol. The molecule has 0 radical (unpaired) electrons. The predicted octanol–water partition coefficient (Wildman–Crippen LogP) is 4.71. The molecule has 0 aliphatic carbocycles. The summed E-state index contributed by atoms with van der Waals surface area (Å²) in [5.41, 5.74) is 4.43. The van der Waals surface area contributed by atoms with Gasteiger partial charge in [0.15, 0.2) is 6.29 Å². The quantitative estimate of drug-likeness (QED) is 0.168. The van der Waals surface area contributed by atoms with Gasteiger partial charge in [-0.25, -0.2) is 0 Å². The number of fused-ring (bicyclic) bond motifs is 2. The van der Waals surface area contributed by atoms with Crippen LogP contribution in [0.3, 0.4) is 0 Å². The SMILES string of the molecule is C=Cn1cc(-c2c(-c3nn(CC(O)CN(C)C)c4ccc(Cl)cc34)c[nH]c2C(=O)C=O)c2ccccc21. The molecule has 1 atom stereocenters. The minimum Gasteiger partial charge on any atom is -0.390 e. The van der Waals surface area contributed by atoms with Crippen molar-refractivity contribution < 1.29 is 14.7 Å². The van der Waals surface area contributed by atoms with Crippen molar-refractivity contribution in [2.75, 3.05) is 20.6 Å². The Bertz CT molecular complexity index is 1660. The number of aliphatic hydroxyl groups is 1. The molecule has 0 saturated heterocycles. The molecule has 0 spiro atoms. The Morgan fingerprint density at radius 2 is 1.97 bits per heavy atom. The molecule has 5 rings (SSSR count). The van der Waals surface area contributed by atoms with E-state index in [4.69, 9.17) is 16.7 Å². The van der Waals surface area contributed by atoms with E-state index in [2.05, 4.69) is 11.6 Å². The van der Waals surface area contributed by atoms with E-state index in [-0.39, 0.29) is 12.2 Å². The minimum absolute atomic E-state index is 0.175. The van der Waals surface area contributed by atoms with Crippen molar-refractivity contribution in [2.45, 2.75) is 12.6 Å².